The number of aliphatic hydroxyl groups excluding tert-OH is 2. The van der Waals surface area contributed by atoms with Gasteiger partial charge in [-0.25, -0.2) is 0 Å². The van der Waals surface area contributed by atoms with Crippen molar-refractivity contribution in [3.8, 4) is 0 Å². The molecule has 0 aromatic carbocycles. The largest absolute Gasteiger partial charge is 0.481 e. The van der Waals surface area contributed by atoms with Crippen LogP contribution in [0.1, 0.15) is 99.8 Å². The molecular weight excluding hydrogens is 424 g/mol. The van der Waals surface area contributed by atoms with Crippen LogP contribution in [0.4, 0.5) is 0 Å². The molecule has 0 heterocycles. The molecule has 0 radical (unpaired) electrons. The average molecular weight is 473 g/mol. The van der Waals surface area contributed by atoms with Crippen LogP contribution < -0.4 is 0 Å². The Morgan fingerprint density at radius 2 is 1.62 bits per heavy atom. The van der Waals surface area contributed by atoms with Gasteiger partial charge in [-0.1, -0.05) is 60.1 Å². The first-order valence-corrected chi connectivity index (χ1v) is 14.0. The first-order chi connectivity index (χ1) is 15.7. The van der Waals surface area contributed by atoms with E-state index >= 15 is 0 Å². The van der Waals surface area contributed by atoms with Gasteiger partial charge in [-0.3, -0.25) is 4.79 Å². The molecule has 0 amide bonds. The fourth-order valence-corrected chi connectivity index (χ4v) is 11.0. The third-order valence-electron chi connectivity index (χ3n) is 13.4. The Morgan fingerprint density at radius 3 is 2.26 bits per heavy atom. The molecule has 0 aromatic rings. The molecule has 5 aliphatic rings. The fraction of sp³-hybridized carbons (Fsp3) is 0.900. The highest BCUT2D eigenvalue weighted by molar-refractivity contribution is 5.76. The second kappa shape index (κ2) is 7.34. The Hall–Kier alpha value is -0.870. The zero-order chi connectivity index (χ0) is 25.1. The number of fused-ring (bicyclic) bond motifs is 7. The monoisotopic (exact) mass is 472 g/mol. The van der Waals surface area contributed by atoms with Crippen molar-refractivity contribution in [2.75, 3.05) is 0 Å². The molecule has 4 saturated carbocycles. The highest BCUT2D eigenvalue weighted by atomic mass is 16.4. The summed E-state index contributed by atoms with van der Waals surface area (Å²) in [4.78, 5) is 12.8. The third kappa shape index (κ3) is 2.76. The highest BCUT2D eigenvalue weighted by Crippen LogP contribution is 2.75. The summed E-state index contributed by atoms with van der Waals surface area (Å²) in [5.41, 5.74) is 0.574. The summed E-state index contributed by atoms with van der Waals surface area (Å²) >= 11 is 0. The van der Waals surface area contributed by atoms with Gasteiger partial charge in [0.15, 0.2) is 0 Å². The highest BCUT2D eigenvalue weighted by Gasteiger charge is 2.70. The smallest absolute Gasteiger partial charge is 0.310 e. The van der Waals surface area contributed by atoms with Crippen LogP contribution in [-0.4, -0.2) is 33.5 Å². The number of rotatable bonds is 1. The van der Waals surface area contributed by atoms with E-state index in [0.717, 1.165) is 44.9 Å². The van der Waals surface area contributed by atoms with Crippen LogP contribution in [0.2, 0.25) is 0 Å². The molecule has 0 unspecified atom stereocenters. The first kappa shape index (κ1) is 24.8. The van der Waals surface area contributed by atoms with Crippen LogP contribution in [0.5, 0.6) is 0 Å². The van der Waals surface area contributed by atoms with E-state index in [1.54, 1.807) is 0 Å². The van der Waals surface area contributed by atoms with Crippen LogP contribution in [0.25, 0.3) is 0 Å². The van der Waals surface area contributed by atoms with Gasteiger partial charge in [0.05, 0.1) is 17.6 Å². The number of carboxylic acid groups (broad SMARTS) is 1. The molecule has 0 saturated heterocycles. The number of allylic oxidation sites excluding steroid dienone is 2. The molecule has 5 aliphatic carbocycles. The van der Waals surface area contributed by atoms with E-state index < -0.39 is 23.6 Å². The van der Waals surface area contributed by atoms with Crippen molar-refractivity contribution < 1.29 is 20.1 Å². The van der Waals surface area contributed by atoms with Crippen molar-refractivity contribution in [2.45, 2.75) is 112 Å². The summed E-state index contributed by atoms with van der Waals surface area (Å²) in [6, 6.07) is 0. The Labute approximate surface area is 206 Å². The minimum atomic E-state index is -0.679. The quantitative estimate of drug-likeness (QED) is 0.405. The van der Waals surface area contributed by atoms with E-state index in [4.69, 9.17) is 0 Å². The van der Waals surface area contributed by atoms with E-state index in [-0.39, 0.29) is 27.6 Å². The molecule has 34 heavy (non-hydrogen) atoms. The topological polar surface area (TPSA) is 77.8 Å². The number of aliphatic carboxylic acids is 1. The van der Waals surface area contributed by atoms with Crippen LogP contribution in [0.3, 0.4) is 0 Å². The van der Waals surface area contributed by atoms with Crippen molar-refractivity contribution in [1.82, 2.24) is 0 Å². The second-order valence-electron chi connectivity index (χ2n) is 14.6. The minimum Gasteiger partial charge on any atom is -0.481 e. The van der Waals surface area contributed by atoms with E-state index in [9.17, 15) is 20.1 Å². The van der Waals surface area contributed by atoms with Gasteiger partial charge in [0.25, 0.3) is 0 Å². The molecule has 5 rings (SSSR count). The number of hydrogen-bond donors (Lipinski definition) is 3. The standard InChI is InChI=1S/C30H48O4/c1-17-10-13-30(25(33)34)15-14-28(6)19(23(30)18(17)2)8-9-22-27(5)16-20(31)24(32)26(3,4)21(27)11-12-29(22,28)7/h8,17-18,20-24,31-32H,9-16H2,1-7H3,(H,33,34)/t17-,18+,20-,21-,22+,23+,24-,27+,28-,29-,30+/m1/s1. The summed E-state index contributed by atoms with van der Waals surface area (Å²) in [6.07, 6.45) is 8.53. The lowest BCUT2D eigenvalue weighted by atomic mass is 9.33. The van der Waals surface area contributed by atoms with Crippen molar-refractivity contribution in [1.29, 1.82) is 0 Å². The van der Waals surface area contributed by atoms with Gasteiger partial charge in [0, 0.05) is 0 Å². The molecule has 4 fully saturated rings. The van der Waals surface area contributed by atoms with E-state index in [1.807, 2.05) is 0 Å². The maximum atomic E-state index is 12.8. The lowest BCUT2D eigenvalue weighted by Crippen LogP contribution is -2.67. The molecule has 0 spiro atoms. The number of carboxylic acids is 1. The second-order valence-corrected chi connectivity index (χ2v) is 14.6. The van der Waals surface area contributed by atoms with Crippen molar-refractivity contribution in [2.24, 2.45) is 56.7 Å². The Morgan fingerprint density at radius 1 is 0.941 bits per heavy atom. The van der Waals surface area contributed by atoms with Gasteiger partial charge in [-0.05, 0) is 103 Å². The summed E-state index contributed by atoms with van der Waals surface area (Å²) in [5.74, 6) is 1.30. The van der Waals surface area contributed by atoms with Crippen LogP contribution >= 0.6 is 0 Å². The molecule has 4 nitrogen and oxygen atoms in total. The molecule has 0 aromatic heterocycles. The first-order valence-electron chi connectivity index (χ1n) is 14.0. The zero-order valence-corrected chi connectivity index (χ0v) is 22.5. The molecule has 3 N–H and O–H groups in total. The van der Waals surface area contributed by atoms with Crippen LogP contribution in [0, 0.1) is 56.7 Å². The maximum absolute atomic E-state index is 12.8. The van der Waals surface area contributed by atoms with Gasteiger partial charge in [-0.2, -0.15) is 0 Å². The van der Waals surface area contributed by atoms with Gasteiger partial charge >= 0.3 is 5.97 Å². The number of hydrogen-bond acceptors (Lipinski definition) is 3. The average Bonchev–Trinajstić information content (AvgIpc) is 2.75. The van der Waals surface area contributed by atoms with E-state index in [1.165, 1.54) is 5.57 Å². The van der Waals surface area contributed by atoms with Crippen LogP contribution in [0.15, 0.2) is 11.6 Å². The summed E-state index contributed by atoms with van der Waals surface area (Å²) in [6.45, 7) is 16.3. The predicted molar refractivity (Wildman–Crippen MR) is 134 cm³/mol. The zero-order valence-electron chi connectivity index (χ0n) is 22.5. The number of aliphatic hydroxyl groups is 2. The molecular formula is C30H48O4. The van der Waals surface area contributed by atoms with E-state index in [2.05, 4.69) is 54.5 Å². The van der Waals surface area contributed by atoms with Gasteiger partial charge < -0.3 is 15.3 Å². The Kier molecular flexibility index (Phi) is 5.36. The van der Waals surface area contributed by atoms with Crippen LogP contribution in [-0.2, 0) is 4.79 Å². The van der Waals surface area contributed by atoms with Gasteiger partial charge in [0.1, 0.15) is 0 Å². The van der Waals surface area contributed by atoms with Crippen molar-refractivity contribution >= 4 is 5.97 Å². The van der Waals surface area contributed by atoms with Gasteiger partial charge in [0.2, 0.25) is 0 Å². The minimum absolute atomic E-state index is 0.00993. The normalized spacial score (nSPS) is 56.3. The van der Waals surface area contributed by atoms with Crippen molar-refractivity contribution in [3.63, 3.8) is 0 Å². The summed E-state index contributed by atoms with van der Waals surface area (Å²) in [5, 5.41) is 32.4. The van der Waals surface area contributed by atoms with Gasteiger partial charge in [-0.15, -0.1) is 0 Å². The number of carbonyl (C=O) groups is 1. The predicted octanol–water partition coefficient (Wildman–Crippen LogP) is 6.06. The van der Waals surface area contributed by atoms with E-state index in [0.29, 0.717) is 30.1 Å². The Balaban J connectivity index is 1.62. The third-order valence-corrected chi connectivity index (χ3v) is 13.4. The summed E-state index contributed by atoms with van der Waals surface area (Å²) < 4.78 is 0. The molecule has 4 heteroatoms. The molecule has 0 bridgehead atoms. The maximum Gasteiger partial charge on any atom is 0.310 e. The van der Waals surface area contributed by atoms with Crippen molar-refractivity contribution in [3.05, 3.63) is 11.6 Å². The SMILES string of the molecule is C[C@H]1[C@H](C)CC[C@]2(C(=O)O)CC[C@]3(C)C(=CC[C@H]4[C@@]5(C)C[C@@H](O)[C@@H](O)C(C)(C)[C@H]5CC[C@]43C)[C@H]12. The lowest BCUT2D eigenvalue weighted by molar-refractivity contribution is -0.232. The molecule has 192 valence electrons. The molecule has 0 aliphatic heterocycles. The Bertz CT molecular complexity index is 907. The molecule has 11 atom stereocenters. The summed E-state index contributed by atoms with van der Waals surface area (Å²) in [7, 11) is 0. The fourth-order valence-electron chi connectivity index (χ4n) is 11.0. The lowest BCUT2D eigenvalue weighted by Gasteiger charge is -2.71.